The summed E-state index contributed by atoms with van der Waals surface area (Å²) in [6.45, 7) is 4.63. The Bertz CT molecular complexity index is 623. The normalized spacial score (nSPS) is 31.4. The van der Waals surface area contributed by atoms with Crippen LogP contribution in [0.25, 0.3) is 0 Å². The second-order valence-electron chi connectivity index (χ2n) is 7.63. The second-order valence-corrected chi connectivity index (χ2v) is 12.7. The van der Waals surface area contributed by atoms with Crippen molar-refractivity contribution in [2.75, 3.05) is 84.1 Å². The van der Waals surface area contributed by atoms with Crippen LogP contribution in [-0.2, 0) is 13.7 Å². The number of nitrogens with two attached hydrogens (primary N) is 1. The zero-order chi connectivity index (χ0) is 22.1. The predicted octanol–water partition coefficient (Wildman–Crippen LogP) is -9.19. The highest BCUT2D eigenvalue weighted by Gasteiger charge is 2.23. The minimum absolute atomic E-state index is 0.137. The van der Waals surface area contributed by atoms with Gasteiger partial charge in [-0.2, -0.15) is 0 Å². The second kappa shape index (κ2) is 12.4. The number of hydrogen-bond donors (Lipinski definition) is 7. The standard InChI is InChI=1S/C13H33N4O9P3/c18-27(19,20)11-9-15-3-1-14-2-4-17(13-29(24,25)26)8-7-16(6-5-15)10-12-28(21,22)23/h14H,1-13H2,(H2,18,19,20)(H2,21,22,23)(H2,24,25,26)/p+1. The van der Waals surface area contributed by atoms with Gasteiger partial charge in [0.1, 0.15) is 73.8 Å². The molecule has 1 fully saturated rings. The first-order valence-electron chi connectivity index (χ1n) is 9.64. The van der Waals surface area contributed by atoms with Gasteiger partial charge in [0.25, 0.3) is 0 Å². The third-order valence-electron chi connectivity index (χ3n) is 4.99. The molecule has 0 aliphatic carbocycles. The summed E-state index contributed by atoms with van der Waals surface area (Å²) in [5, 5.41) is 1.99. The van der Waals surface area contributed by atoms with Crippen molar-refractivity contribution < 1.29 is 63.1 Å². The molecular weight excluding hydrogens is 449 g/mol. The van der Waals surface area contributed by atoms with Crippen molar-refractivity contribution in [3.05, 3.63) is 0 Å². The van der Waals surface area contributed by atoms with Crippen molar-refractivity contribution in [1.29, 1.82) is 0 Å². The molecule has 1 saturated heterocycles. The minimum Gasteiger partial charge on any atom is -0.778 e. The fourth-order valence-corrected chi connectivity index (χ4v) is 5.46. The van der Waals surface area contributed by atoms with E-state index in [0.717, 1.165) is 9.80 Å². The SMILES string of the molecule is O=P([O-])(O)CC[NH+]1CC[NH2+]CC[NH+](CP(=O)([O-])O)CC[NH+](CCP(=O)([O-])O)CC1. The lowest BCUT2D eigenvalue weighted by atomic mass is 10.3. The molecule has 174 valence electrons. The molecule has 1 rings (SSSR count). The van der Waals surface area contributed by atoms with Gasteiger partial charge in [0, 0.05) is 0 Å². The molecule has 0 spiro atoms. The minimum atomic E-state index is -4.44. The number of rotatable bonds is 8. The Balaban J connectivity index is 2.78. The molecule has 1 heterocycles. The van der Waals surface area contributed by atoms with Crippen LogP contribution in [0.15, 0.2) is 0 Å². The van der Waals surface area contributed by atoms with Crippen LogP contribution in [0, 0.1) is 0 Å². The summed E-state index contributed by atoms with van der Waals surface area (Å²) >= 11 is 0. The highest BCUT2D eigenvalue weighted by atomic mass is 31.2. The first-order valence-corrected chi connectivity index (χ1v) is 14.9. The maximum Gasteiger partial charge on any atom is 0.187 e. The molecule has 0 aromatic rings. The van der Waals surface area contributed by atoms with E-state index in [1.165, 1.54) is 0 Å². The molecule has 29 heavy (non-hydrogen) atoms. The van der Waals surface area contributed by atoms with Gasteiger partial charge in [-0.15, -0.1) is 0 Å². The molecule has 13 nitrogen and oxygen atoms in total. The Morgan fingerprint density at radius 3 is 1.45 bits per heavy atom. The molecule has 0 amide bonds. The van der Waals surface area contributed by atoms with Crippen molar-refractivity contribution in [3.8, 4) is 0 Å². The van der Waals surface area contributed by atoms with Crippen LogP contribution in [0.4, 0.5) is 0 Å². The van der Waals surface area contributed by atoms with E-state index in [-0.39, 0.29) is 19.3 Å². The summed E-state index contributed by atoms with van der Waals surface area (Å²) in [4.78, 5) is 63.2. The molecule has 1 aliphatic rings. The van der Waals surface area contributed by atoms with Crippen molar-refractivity contribution in [2.45, 2.75) is 0 Å². The first kappa shape index (κ1) is 27.3. The highest BCUT2D eigenvalue weighted by molar-refractivity contribution is 7.50. The zero-order valence-electron chi connectivity index (χ0n) is 16.4. The largest absolute Gasteiger partial charge is 0.778 e. The van der Waals surface area contributed by atoms with Crippen LogP contribution < -0.4 is 34.7 Å². The van der Waals surface area contributed by atoms with E-state index in [0.29, 0.717) is 57.3 Å². The summed E-state index contributed by atoms with van der Waals surface area (Å²) in [7, 11) is -13.2. The van der Waals surface area contributed by atoms with Crippen LogP contribution in [0.3, 0.4) is 0 Å². The fraction of sp³-hybridized carbons (Fsp3) is 1.00. The molecular formula is C13H34N4O9P3+. The van der Waals surface area contributed by atoms with Gasteiger partial charge in [-0.1, -0.05) is 0 Å². The van der Waals surface area contributed by atoms with Gasteiger partial charge in [-0.05, 0) is 0 Å². The smallest absolute Gasteiger partial charge is 0.187 e. The Kier molecular flexibility index (Phi) is 11.6. The molecule has 1 aliphatic heterocycles. The number of nitrogens with one attached hydrogen (secondary N) is 3. The van der Waals surface area contributed by atoms with Crippen LogP contribution >= 0.6 is 22.8 Å². The van der Waals surface area contributed by atoms with Crippen molar-refractivity contribution >= 4 is 22.8 Å². The average molecular weight is 483 g/mol. The third-order valence-corrected chi connectivity index (χ3v) is 7.41. The molecule has 6 unspecified atom stereocenters. The number of hydrogen-bond acceptors (Lipinski definition) is 6. The molecule has 6 atom stereocenters. The molecule has 0 saturated carbocycles. The van der Waals surface area contributed by atoms with Crippen molar-refractivity contribution in [2.24, 2.45) is 0 Å². The first-order chi connectivity index (χ1) is 13.2. The topological polar surface area (TPSA) is 211 Å². The van der Waals surface area contributed by atoms with E-state index in [1.807, 2.05) is 5.32 Å². The molecule has 16 heteroatoms. The maximum atomic E-state index is 11.3. The summed E-state index contributed by atoms with van der Waals surface area (Å²) in [5.74, 6) is 0. The zero-order valence-corrected chi connectivity index (χ0v) is 19.1. The van der Waals surface area contributed by atoms with E-state index < -0.39 is 35.2 Å². The lowest BCUT2D eigenvalue weighted by Crippen LogP contribution is -3.25. The van der Waals surface area contributed by atoms with Crippen LogP contribution in [-0.4, -0.2) is 98.7 Å². The van der Waals surface area contributed by atoms with E-state index in [9.17, 15) is 33.3 Å². The van der Waals surface area contributed by atoms with E-state index in [2.05, 4.69) is 0 Å². The molecule has 0 radical (unpaired) electrons. The molecule has 0 aromatic heterocycles. The van der Waals surface area contributed by atoms with E-state index in [1.54, 1.807) is 0 Å². The van der Waals surface area contributed by atoms with Gasteiger partial charge < -0.3 is 63.1 Å². The van der Waals surface area contributed by atoms with Gasteiger partial charge in [-0.25, -0.2) is 0 Å². The Labute approximate surface area is 170 Å². The summed E-state index contributed by atoms with van der Waals surface area (Å²) in [5.41, 5.74) is 0. The quantitative estimate of drug-likeness (QED) is 0.163. The molecule has 0 bridgehead atoms. The van der Waals surface area contributed by atoms with E-state index >= 15 is 0 Å². The maximum absolute atomic E-state index is 11.3. The van der Waals surface area contributed by atoms with Gasteiger partial charge in [0.05, 0.1) is 25.4 Å². The molecule has 8 N–H and O–H groups in total. The Morgan fingerprint density at radius 1 is 0.655 bits per heavy atom. The average Bonchev–Trinajstić information content (AvgIpc) is 2.52. The van der Waals surface area contributed by atoms with E-state index in [4.69, 9.17) is 9.79 Å². The number of quaternary nitrogens is 4. The van der Waals surface area contributed by atoms with Gasteiger partial charge in [-0.3, -0.25) is 0 Å². The fourth-order valence-electron chi connectivity index (χ4n) is 3.38. The van der Waals surface area contributed by atoms with Crippen molar-refractivity contribution in [1.82, 2.24) is 0 Å². The van der Waals surface area contributed by atoms with Gasteiger partial charge in [0.2, 0.25) is 0 Å². The summed E-state index contributed by atoms with van der Waals surface area (Å²) in [6.07, 6.45) is -1.15. The van der Waals surface area contributed by atoms with Crippen LogP contribution in [0.5, 0.6) is 0 Å². The van der Waals surface area contributed by atoms with Crippen LogP contribution in [0.1, 0.15) is 0 Å². The molecule has 0 aromatic carbocycles. The Hall–Kier alpha value is 0.290. The van der Waals surface area contributed by atoms with Crippen LogP contribution in [0.2, 0.25) is 0 Å². The predicted molar refractivity (Wildman–Crippen MR) is 97.6 cm³/mol. The summed E-state index contributed by atoms with van der Waals surface area (Å²) < 4.78 is 33.5. The lowest BCUT2D eigenvalue weighted by Gasteiger charge is -2.29. The Morgan fingerprint density at radius 2 is 1.03 bits per heavy atom. The van der Waals surface area contributed by atoms with Gasteiger partial charge >= 0.3 is 0 Å². The van der Waals surface area contributed by atoms with Crippen molar-refractivity contribution in [3.63, 3.8) is 0 Å². The third kappa shape index (κ3) is 15.7. The summed E-state index contributed by atoms with van der Waals surface area (Å²) in [6, 6.07) is 0. The highest BCUT2D eigenvalue weighted by Crippen LogP contribution is 2.27. The lowest BCUT2D eigenvalue weighted by molar-refractivity contribution is -0.986. The van der Waals surface area contributed by atoms with Gasteiger partial charge in [0.15, 0.2) is 7.60 Å². The monoisotopic (exact) mass is 483 g/mol.